The van der Waals surface area contributed by atoms with Gasteiger partial charge in [-0.1, -0.05) is 26.0 Å². The van der Waals surface area contributed by atoms with Crippen LogP contribution in [-0.2, 0) is 16.8 Å². The van der Waals surface area contributed by atoms with Gasteiger partial charge in [0.15, 0.2) is 5.69 Å². The number of amides is 1. The first-order valence-corrected chi connectivity index (χ1v) is 4.69. The molecule has 0 aliphatic carbocycles. The van der Waals surface area contributed by atoms with Gasteiger partial charge in [0.1, 0.15) is 6.54 Å². The summed E-state index contributed by atoms with van der Waals surface area (Å²) in [7, 11) is 0. The van der Waals surface area contributed by atoms with Crippen molar-refractivity contribution >= 4 is 11.9 Å². The van der Waals surface area contributed by atoms with Gasteiger partial charge >= 0.3 is 5.97 Å². The van der Waals surface area contributed by atoms with E-state index >= 15 is 0 Å². The van der Waals surface area contributed by atoms with Gasteiger partial charge in [0.25, 0.3) is 0 Å². The minimum atomic E-state index is -1.17. The van der Waals surface area contributed by atoms with Crippen molar-refractivity contribution in [2.24, 2.45) is 5.73 Å². The molecule has 7 nitrogen and oxygen atoms in total. The molecule has 1 aromatic rings. The normalized spacial score (nSPS) is 11.4. The standard InChI is InChI=1S/C9H14N4O3/c1-9(2,3)7-6(8(15)16)11-12-13(7)4-5(10)14/h4H2,1-3H3,(H2,10,14)(H,15,16). The van der Waals surface area contributed by atoms with Gasteiger partial charge < -0.3 is 10.8 Å². The van der Waals surface area contributed by atoms with Crippen molar-refractivity contribution in [1.82, 2.24) is 15.0 Å². The molecule has 16 heavy (non-hydrogen) atoms. The summed E-state index contributed by atoms with van der Waals surface area (Å²) < 4.78 is 1.23. The predicted molar refractivity (Wildman–Crippen MR) is 54.9 cm³/mol. The Balaban J connectivity index is 3.31. The maximum absolute atomic E-state index is 10.9. The SMILES string of the molecule is CC(C)(C)c1c(C(=O)O)nnn1CC(N)=O. The highest BCUT2D eigenvalue weighted by Crippen LogP contribution is 2.24. The Hall–Kier alpha value is -1.92. The molecule has 88 valence electrons. The summed E-state index contributed by atoms with van der Waals surface area (Å²) in [4.78, 5) is 21.7. The van der Waals surface area contributed by atoms with Crippen LogP contribution in [-0.4, -0.2) is 32.0 Å². The van der Waals surface area contributed by atoms with Crippen LogP contribution in [0.25, 0.3) is 0 Å². The van der Waals surface area contributed by atoms with Crippen LogP contribution >= 0.6 is 0 Å². The number of primary amides is 1. The van der Waals surface area contributed by atoms with Gasteiger partial charge in [0, 0.05) is 5.41 Å². The lowest BCUT2D eigenvalue weighted by Crippen LogP contribution is -2.26. The summed E-state index contributed by atoms with van der Waals surface area (Å²) >= 11 is 0. The molecule has 0 radical (unpaired) electrons. The highest BCUT2D eigenvalue weighted by atomic mass is 16.4. The van der Waals surface area contributed by atoms with Gasteiger partial charge in [-0.2, -0.15) is 0 Å². The lowest BCUT2D eigenvalue weighted by atomic mass is 9.90. The molecule has 0 saturated carbocycles. The molecule has 3 N–H and O–H groups in total. The maximum atomic E-state index is 10.9. The van der Waals surface area contributed by atoms with E-state index in [1.165, 1.54) is 4.68 Å². The molecule has 0 spiro atoms. The van der Waals surface area contributed by atoms with Crippen LogP contribution in [0, 0.1) is 0 Å². The monoisotopic (exact) mass is 226 g/mol. The second-order valence-electron chi connectivity index (χ2n) is 4.47. The van der Waals surface area contributed by atoms with Crippen molar-refractivity contribution < 1.29 is 14.7 Å². The number of nitrogens with two attached hydrogens (primary N) is 1. The second kappa shape index (κ2) is 3.92. The van der Waals surface area contributed by atoms with Gasteiger partial charge in [-0.25, -0.2) is 9.48 Å². The molecule has 1 heterocycles. The maximum Gasteiger partial charge on any atom is 0.358 e. The molecule has 0 aromatic carbocycles. The summed E-state index contributed by atoms with van der Waals surface area (Å²) in [5.41, 5.74) is 4.81. The van der Waals surface area contributed by atoms with Crippen LogP contribution in [0.3, 0.4) is 0 Å². The average molecular weight is 226 g/mol. The summed E-state index contributed by atoms with van der Waals surface area (Å²) in [6, 6.07) is 0. The molecular formula is C9H14N4O3. The summed E-state index contributed by atoms with van der Waals surface area (Å²) in [5.74, 6) is -1.76. The van der Waals surface area contributed by atoms with Gasteiger partial charge in [0.05, 0.1) is 5.69 Å². The van der Waals surface area contributed by atoms with Crippen LogP contribution in [0.5, 0.6) is 0 Å². The number of carboxylic acids is 1. The van der Waals surface area contributed by atoms with E-state index in [9.17, 15) is 9.59 Å². The van der Waals surface area contributed by atoms with E-state index in [2.05, 4.69) is 10.3 Å². The molecule has 0 bridgehead atoms. The van der Waals surface area contributed by atoms with E-state index < -0.39 is 17.3 Å². The van der Waals surface area contributed by atoms with E-state index in [0.717, 1.165) is 0 Å². The Morgan fingerprint density at radius 3 is 2.38 bits per heavy atom. The molecule has 0 aliphatic rings. The largest absolute Gasteiger partial charge is 0.476 e. The van der Waals surface area contributed by atoms with Crippen LogP contribution in [0.2, 0.25) is 0 Å². The van der Waals surface area contributed by atoms with Crippen molar-refractivity contribution in [2.45, 2.75) is 32.7 Å². The van der Waals surface area contributed by atoms with Gasteiger partial charge in [-0.3, -0.25) is 4.79 Å². The fourth-order valence-electron chi connectivity index (χ4n) is 1.46. The Kier molecular flexibility index (Phi) is 2.97. The Morgan fingerprint density at radius 2 is 2.00 bits per heavy atom. The Morgan fingerprint density at radius 1 is 1.44 bits per heavy atom. The topological polar surface area (TPSA) is 111 Å². The third kappa shape index (κ3) is 2.36. The van der Waals surface area contributed by atoms with Crippen molar-refractivity contribution in [3.05, 3.63) is 11.4 Å². The molecule has 1 rings (SSSR count). The van der Waals surface area contributed by atoms with Gasteiger partial charge in [-0.15, -0.1) is 5.10 Å². The lowest BCUT2D eigenvalue weighted by molar-refractivity contribution is -0.118. The Bertz CT molecular complexity index is 430. The fraction of sp³-hybridized carbons (Fsp3) is 0.556. The quantitative estimate of drug-likeness (QED) is 0.738. The number of rotatable bonds is 3. The van der Waals surface area contributed by atoms with E-state index in [1.807, 2.05) is 20.8 Å². The zero-order valence-electron chi connectivity index (χ0n) is 9.39. The van der Waals surface area contributed by atoms with E-state index in [4.69, 9.17) is 10.8 Å². The molecule has 0 saturated heterocycles. The molecular weight excluding hydrogens is 212 g/mol. The van der Waals surface area contributed by atoms with Crippen molar-refractivity contribution in [2.75, 3.05) is 0 Å². The number of carbonyl (C=O) groups excluding carboxylic acids is 1. The van der Waals surface area contributed by atoms with E-state index in [1.54, 1.807) is 0 Å². The highest BCUT2D eigenvalue weighted by Gasteiger charge is 2.29. The lowest BCUT2D eigenvalue weighted by Gasteiger charge is -2.19. The van der Waals surface area contributed by atoms with Gasteiger partial charge in [0.2, 0.25) is 5.91 Å². The average Bonchev–Trinajstić information content (AvgIpc) is 2.45. The molecule has 0 fully saturated rings. The molecule has 0 unspecified atom stereocenters. The number of aromatic carboxylic acids is 1. The van der Waals surface area contributed by atoms with Crippen LogP contribution in [0.4, 0.5) is 0 Å². The molecule has 7 heteroatoms. The zero-order chi connectivity index (χ0) is 12.5. The van der Waals surface area contributed by atoms with Crippen molar-refractivity contribution in [3.63, 3.8) is 0 Å². The second-order valence-corrected chi connectivity index (χ2v) is 4.47. The zero-order valence-corrected chi connectivity index (χ0v) is 9.39. The minimum Gasteiger partial charge on any atom is -0.476 e. The third-order valence-electron chi connectivity index (χ3n) is 1.95. The predicted octanol–water partition coefficient (Wildman–Crippen LogP) is -0.241. The number of carboxylic acid groups (broad SMARTS) is 1. The number of hydrogen-bond acceptors (Lipinski definition) is 4. The van der Waals surface area contributed by atoms with Crippen LogP contribution < -0.4 is 5.73 Å². The first-order valence-electron chi connectivity index (χ1n) is 4.69. The van der Waals surface area contributed by atoms with Crippen LogP contribution in [0.15, 0.2) is 0 Å². The summed E-state index contributed by atoms with van der Waals surface area (Å²) in [6.07, 6.45) is 0. The van der Waals surface area contributed by atoms with E-state index in [-0.39, 0.29) is 12.2 Å². The van der Waals surface area contributed by atoms with Gasteiger partial charge in [-0.05, 0) is 0 Å². The Labute approximate surface area is 92.2 Å². The number of carbonyl (C=O) groups is 2. The molecule has 0 aliphatic heterocycles. The first-order chi connectivity index (χ1) is 7.23. The summed E-state index contributed by atoms with van der Waals surface area (Å²) in [5, 5.41) is 16.1. The minimum absolute atomic E-state index is 0.145. The first kappa shape index (κ1) is 12.2. The molecule has 1 aromatic heterocycles. The van der Waals surface area contributed by atoms with E-state index in [0.29, 0.717) is 5.69 Å². The van der Waals surface area contributed by atoms with Crippen molar-refractivity contribution in [3.8, 4) is 0 Å². The third-order valence-corrected chi connectivity index (χ3v) is 1.95. The molecule has 0 atom stereocenters. The number of aromatic nitrogens is 3. The smallest absolute Gasteiger partial charge is 0.358 e. The van der Waals surface area contributed by atoms with Crippen LogP contribution in [0.1, 0.15) is 37.0 Å². The fourth-order valence-corrected chi connectivity index (χ4v) is 1.46. The van der Waals surface area contributed by atoms with Crippen molar-refractivity contribution in [1.29, 1.82) is 0 Å². The number of nitrogens with zero attached hydrogens (tertiary/aromatic N) is 3. The highest BCUT2D eigenvalue weighted by molar-refractivity contribution is 5.87. The number of hydrogen-bond donors (Lipinski definition) is 2. The molecule has 1 amide bonds. The summed E-state index contributed by atoms with van der Waals surface area (Å²) in [6.45, 7) is 5.27.